The molecular weight excluding hydrogens is 155 g/mol. The average Bonchev–Trinajstić information content (AvgIpc) is 2.03. The molecule has 0 rings (SSSR count). The Morgan fingerprint density at radius 1 is 1.36 bits per heavy atom. The van der Waals surface area contributed by atoms with Crippen LogP contribution in [0.5, 0.6) is 0 Å². The number of hydrogen-bond donors (Lipinski definition) is 0. The average molecular weight is 173 g/mol. The molecule has 2 atom stereocenters. The zero-order chi connectivity index (χ0) is 8.69. The van der Waals surface area contributed by atoms with Crippen molar-refractivity contribution in [2.45, 2.75) is 20.3 Å². The first kappa shape index (κ1) is 24.6. The molecule has 0 aliphatic carbocycles. The molecule has 2 unspecified atom stereocenters. The molecule has 66 valence electrons. The molecule has 0 bridgehead atoms. The second kappa shape index (κ2) is 16.9. The Balaban J connectivity index is -0.000000167. The molecule has 0 aliphatic rings. The van der Waals surface area contributed by atoms with Gasteiger partial charge in [0.1, 0.15) is 0 Å². The fourth-order valence-electron chi connectivity index (χ4n) is 0.828. The largest absolute Gasteiger partial charge is 1.00 e. The van der Waals surface area contributed by atoms with Crippen molar-refractivity contribution in [1.82, 2.24) is 0 Å². The van der Waals surface area contributed by atoms with Crippen LogP contribution in [0.15, 0.2) is 6.08 Å². The molecule has 0 aliphatic heterocycles. The summed E-state index contributed by atoms with van der Waals surface area (Å²) in [5, 5.41) is 4.22. The van der Waals surface area contributed by atoms with Crippen molar-refractivity contribution >= 4 is 0 Å². The molecule has 0 spiro atoms. The van der Waals surface area contributed by atoms with Gasteiger partial charge in [0.2, 0.25) is 0 Å². The molecule has 0 fully saturated rings. The van der Waals surface area contributed by atoms with E-state index in [1.807, 2.05) is 0 Å². The molecule has 0 saturated carbocycles. The smallest absolute Gasteiger partial charge is 0.663 e. The van der Waals surface area contributed by atoms with Crippen LogP contribution in [0.3, 0.4) is 0 Å². The van der Waals surface area contributed by atoms with Gasteiger partial charge in [-0.25, -0.2) is 0 Å². The van der Waals surface area contributed by atoms with Crippen LogP contribution < -0.4 is 56.6 Å². The first-order valence-corrected chi connectivity index (χ1v) is 4.22. The number of nitrogens with zero attached hydrogens (tertiary/aromatic N) is 1. The van der Waals surface area contributed by atoms with Crippen LogP contribution in [0, 0.1) is 25.3 Å². The summed E-state index contributed by atoms with van der Waals surface area (Å²) in [6.45, 7) is 15.1. The summed E-state index contributed by atoms with van der Waals surface area (Å²) in [6.07, 6.45) is 2.75. The van der Waals surface area contributed by atoms with Crippen molar-refractivity contribution in [2.75, 3.05) is 13.1 Å². The normalized spacial score (nSPS) is 12.5. The number of rotatable bonds is 6. The Morgan fingerprint density at radius 3 is 2.21 bits per heavy atom. The van der Waals surface area contributed by atoms with Gasteiger partial charge in [-0.1, -0.05) is 26.2 Å². The standard InChI is InChI=1S/C10H18N.3Li/c1-5-7-11-8-10(4)9(3)6-2;;;/h1,5,9-10H,4,6-8H2,2-3H3;;;/q-3;3*+1. The molecule has 0 aromatic rings. The summed E-state index contributed by atoms with van der Waals surface area (Å²) < 4.78 is 0. The van der Waals surface area contributed by atoms with E-state index in [9.17, 15) is 0 Å². The predicted octanol–water partition coefficient (Wildman–Crippen LogP) is -6.14. The maximum atomic E-state index is 5.18. The molecule has 0 heterocycles. The zero-order valence-corrected chi connectivity index (χ0v) is 10.6. The van der Waals surface area contributed by atoms with E-state index in [2.05, 4.69) is 26.1 Å². The van der Waals surface area contributed by atoms with Crippen LogP contribution in [-0.4, -0.2) is 13.1 Å². The van der Waals surface area contributed by atoms with Gasteiger partial charge < -0.3 is 18.8 Å². The minimum atomic E-state index is 0. The van der Waals surface area contributed by atoms with Gasteiger partial charge in [0.05, 0.1) is 0 Å². The summed E-state index contributed by atoms with van der Waals surface area (Å²) in [5.74, 6) is 1.11. The predicted molar refractivity (Wildman–Crippen MR) is 50.3 cm³/mol. The monoisotopic (exact) mass is 173 g/mol. The van der Waals surface area contributed by atoms with E-state index >= 15 is 0 Å². The molecule has 0 aromatic heterocycles. The van der Waals surface area contributed by atoms with Gasteiger partial charge in [-0.15, -0.1) is 0 Å². The van der Waals surface area contributed by atoms with Gasteiger partial charge in [-0.3, -0.25) is 6.08 Å². The molecule has 1 nitrogen and oxygen atoms in total. The molecule has 14 heavy (non-hydrogen) atoms. The SMILES string of the molecule is [CH-]=CC[N-]CC([CH2-])C(C)CC.[Li+].[Li+].[Li+]. The topological polar surface area (TPSA) is 14.1 Å². The molecule has 0 radical (unpaired) electrons. The summed E-state index contributed by atoms with van der Waals surface area (Å²) in [4.78, 5) is 0. The minimum absolute atomic E-state index is 0. The first-order valence-electron chi connectivity index (χ1n) is 4.22. The van der Waals surface area contributed by atoms with E-state index in [1.54, 1.807) is 6.08 Å². The van der Waals surface area contributed by atoms with Crippen molar-refractivity contribution < 1.29 is 56.6 Å². The van der Waals surface area contributed by atoms with Crippen molar-refractivity contribution in [1.29, 1.82) is 0 Å². The van der Waals surface area contributed by atoms with Crippen LogP contribution >= 0.6 is 0 Å². The third-order valence-corrected chi connectivity index (χ3v) is 2.05. The summed E-state index contributed by atoms with van der Waals surface area (Å²) in [5.41, 5.74) is 0. The second-order valence-corrected chi connectivity index (χ2v) is 2.97. The Morgan fingerprint density at radius 2 is 1.86 bits per heavy atom. The van der Waals surface area contributed by atoms with Crippen LogP contribution in [-0.2, 0) is 0 Å². The molecule has 0 N–H and O–H groups in total. The van der Waals surface area contributed by atoms with Crippen LogP contribution in [0.25, 0.3) is 5.32 Å². The third-order valence-electron chi connectivity index (χ3n) is 2.05. The van der Waals surface area contributed by atoms with Gasteiger partial charge in [-0.05, 0) is 0 Å². The van der Waals surface area contributed by atoms with Crippen LogP contribution in [0.1, 0.15) is 20.3 Å². The fraction of sp³-hybridized carbons (Fsp3) is 0.700. The van der Waals surface area contributed by atoms with Gasteiger partial charge in [-0.2, -0.15) is 19.0 Å². The zero-order valence-electron chi connectivity index (χ0n) is 10.6. The Labute approximate surface area is 126 Å². The Kier molecular flexibility index (Phi) is 29.7. The maximum absolute atomic E-state index is 5.18. The van der Waals surface area contributed by atoms with E-state index < -0.39 is 0 Å². The van der Waals surface area contributed by atoms with E-state index in [-0.39, 0.29) is 56.6 Å². The van der Waals surface area contributed by atoms with E-state index in [4.69, 9.17) is 6.58 Å². The summed E-state index contributed by atoms with van der Waals surface area (Å²) in [6, 6.07) is 0. The van der Waals surface area contributed by atoms with Crippen LogP contribution in [0.4, 0.5) is 0 Å². The summed E-state index contributed by atoms with van der Waals surface area (Å²) >= 11 is 0. The molecule has 0 saturated heterocycles. The maximum Gasteiger partial charge on any atom is 1.00 e. The molecule has 0 aromatic carbocycles. The van der Waals surface area contributed by atoms with Gasteiger partial charge >= 0.3 is 56.6 Å². The fourth-order valence-corrected chi connectivity index (χ4v) is 0.828. The Hall–Kier alpha value is 1.49. The number of hydrogen-bond acceptors (Lipinski definition) is 0. The quantitative estimate of drug-likeness (QED) is 0.215. The van der Waals surface area contributed by atoms with Gasteiger partial charge in [0.15, 0.2) is 0 Å². The third kappa shape index (κ3) is 13.5. The Bertz CT molecular complexity index is 110. The van der Waals surface area contributed by atoms with E-state index in [0.29, 0.717) is 18.4 Å². The van der Waals surface area contributed by atoms with Gasteiger partial charge in [0.25, 0.3) is 0 Å². The van der Waals surface area contributed by atoms with Crippen molar-refractivity contribution in [3.8, 4) is 0 Å². The minimum Gasteiger partial charge on any atom is -0.663 e. The van der Waals surface area contributed by atoms with Crippen LogP contribution in [0.2, 0.25) is 0 Å². The summed E-state index contributed by atoms with van der Waals surface area (Å²) in [7, 11) is 0. The van der Waals surface area contributed by atoms with Crippen molar-refractivity contribution in [2.24, 2.45) is 11.8 Å². The molecular formula is C10H18Li3N. The molecule has 0 amide bonds. The van der Waals surface area contributed by atoms with Crippen molar-refractivity contribution in [3.05, 3.63) is 24.9 Å². The van der Waals surface area contributed by atoms with Gasteiger partial charge in [0, 0.05) is 0 Å². The van der Waals surface area contributed by atoms with E-state index in [0.717, 1.165) is 6.54 Å². The van der Waals surface area contributed by atoms with E-state index in [1.165, 1.54) is 6.42 Å². The molecule has 4 heteroatoms. The van der Waals surface area contributed by atoms with Crippen molar-refractivity contribution in [3.63, 3.8) is 0 Å². The second-order valence-electron chi connectivity index (χ2n) is 2.97. The first-order chi connectivity index (χ1) is 5.22.